The van der Waals surface area contributed by atoms with E-state index in [0.29, 0.717) is 12.5 Å². The van der Waals surface area contributed by atoms with Crippen LogP contribution in [-0.4, -0.2) is 55.8 Å². The largest absolute Gasteiger partial charge is 0.375 e. The number of ether oxygens (including phenoxy) is 1. The van der Waals surface area contributed by atoms with Crippen LogP contribution in [-0.2, 0) is 19.1 Å². The fourth-order valence-electron chi connectivity index (χ4n) is 2.52. The van der Waals surface area contributed by atoms with Gasteiger partial charge in [-0.3, -0.25) is 14.4 Å². The minimum Gasteiger partial charge on any atom is -0.375 e. The summed E-state index contributed by atoms with van der Waals surface area (Å²) >= 11 is 0. The van der Waals surface area contributed by atoms with E-state index in [4.69, 9.17) is 4.74 Å². The number of amides is 2. The van der Waals surface area contributed by atoms with Gasteiger partial charge in [0.2, 0.25) is 11.7 Å². The number of likely N-dealkylation sites (N-methyl/N-ethyl adjacent to an activating group) is 1. The summed E-state index contributed by atoms with van der Waals surface area (Å²) in [5.74, 6) is -1.04. The molecule has 21 heavy (non-hydrogen) atoms. The fraction of sp³-hybridized carbons (Fsp3) is 0.800. The summed E-state index contributed by atoms with van der Waals surface area (Å²) in [7, 11) is 2.91. The molecule has 6 heteroatoms. The molecule has 0 saturated heterocycles. The van der Waals surface area contributed by atoms with E-state index in [1.807, 2.05) is 0 Å². The van der Waals surface area contributed by atoms with Crippen molar-refractivity contribution < 1.29 is 19.1 Å². The molecular weight excluding hydrogens is 272 g/mol. The van der Waals surface area contributed by atoms with Crippen LogP contribution in [0.15, 0.2) is 0 Å². The fourth-order valence-corrected chi connectivity index (χ4v) is 2.52. The number of carbonyl (C=O) groups excluding carboxylic acids is 3. The maximum atomic E-state index is 12.0. The van der Waals surface area contributed by atoms with Crippen LogP contribution in [0.4, 0.5) is 0 Å². The predicted molar refractivity (Wildman–Crippen MR) is 78.7 cm³/mol. The normalized spacial score (nSPS) is 17.1. The van der Waals surface area contributed by atoms with Gasteiger partial charge in [-0.1, -0.05) is 19.3 Å². The van der Waals surface area contributed by atoms with E-state index >= 15 is 0 Å². The number of Topliss-reactive ketones (excluding diaryl/α,β-unsaturated/α-hetero) is 1. The van der Waals surface area contributed by atoms with Crippen molar-refractivity contribution in [3.05, 3.63) is 0 Å². The van der Waals surface area contributed by atoms with Gasteiger partial charge in [-0.25, -0.2) is 0 Å². The average molecular weight is 298 g/mol. The summed E-state index contributed by atoms with van der Waals surface area (Å²) in [6.07, 6.45) is 5.86. The second-order valence-corrected chi connectivity index (χ2v) is 5.69. The molecule has 6 nitrogen and oxygen atoms in total. The quantitative estimate of drug-likeness (QED) is 0.704. The predicted octanol–water partition coefficient (Wildman–Crippen LogP) is 0.745. The van der Waals surface area contributed by atoms with Gasteiger partial charge in [0.25, 0.3) is 5.91 Å². The number of nitrogens with one attached hydrogen (secondary N) is 1. The van der Waals surface area contributed by atoms with E-state index in [1.165, 1.54) is 38.3 Å². The molecule has 0 bridgehead atoms. The molecule has 0 aromatic carbocycles. The molecule has 1 fully saturated rings. The van der Waals surface area contributed by atoms with Crippen LogP contribution in [0.5, 0.6) is 0 Å². The van der Waals surface area contributed by atoms with Crippen molar-refractivity contribution >= 4 is 17.6 Å². The molecule has 1 N–H and O–H groups in total. The van der Waals surface area contributed by atoms with Crippen molar-refractivity contribution in [1.29, 1.82) is 0 Å². The molecule has 120 valence electrons. The summed E-state index contributed by atoms with van der Waals surface area (Å²) in [4.78, 5) is 36.8. The molecule has 1 unspecified atom stereocenters. The number of hydrogen-bond donors (Lipinski definition) is 1. The third-order valence-electron chi connectivity index (χ3n) is 4.12. The van der Waals surface area contributed by atoms with Crippen molar-refractivity contribution in [3.63, 3.8) is 0 Å². The van der Waals surface area contributed by atoms with E-state index in [2.05, 4.69) is 5.32 Å². The van der Waals surface area contributed by atoms with Gasteiger partial charge in [-0.2, -0.15) is 0 Å². The lowest BCUT2D eigenvalue weighted by Crippen LogP contribution is -2.48. The minimum atomic E-state index is -0.779. The van der Waals surface area contributed by atoms with Gasteiger partial charge in [0, 0.05) is 20.7 Å². The van der Waals surface area contributed by atoms with Crippen molar-refractivity contribution in [2.24, 2.45) is 5.92 Å². The highest BCUT2D eigenvalue weighted by Crippen LogP contribution is 2.22. The van der Waals surface area contributed by atoms with Gasteiger partial charge in [0.1, 0.15) is 6.61 Å². The molecule has 1 rings (SSSR count). The molecule has 2 amide bonds. The summed E-state index contributed by atoms with van der Waals surface area (Å²) in [6.45, 7) is 2.00. The van der Waals surface area contributed by atoms with Crippen LogP contribution in [0, 0.1) is 5.92 Å². The molecule has 1 aliphatic rings. The maximum absolute atomic E-state index is 12.0. The second kappa shape index (κ2) is 8.77. The first kappa shape index (κ1) is 17.6. The molecule has 0 aromatic heterocycles. The van der Waals surface area contributed by atoms with Gasteiger partial charge >= 0.3 is 0 Å². The highest BCUT2D eigenvalue weighted by atomic mass is 16.5. The van der Waals surface area contributed by atoms with Gasteiger partial charge < -0.3 is 15.0 Å². The monoisotopic (exact) mass is 298 g/mol. The Balaban J connectivity index is 2.41. The number of hydrogen-bond acceptors (Lipinski definition) is 4. The van der Waals surface area contributed by atoms with Crippen LogP contribution in [0.25, 0.3) is 0 Å². The zero-order valence-electron chi connectivity index (χ0n) is 13.2. The lowest BCUT2D eigenvalue weighted by Gasteiger charge is -2.24. The first-order chi connectivity index (χ1) is 9.97. The van der Waals surface area contributed by atoms with Gasteiger partial charge in [0.05, 0.1) is 6.04 Å². The SMILES string of the molecule is COCC(=O)N(C)C(C)C(=O)C(=O)NCC1CCCCC1. The first-order valence-corrected chi connectivity index (χ1v) is 7.54. The van der Waals surface area contributed by atoms with Gasteiger partial charge in [-0.05, 0) is 25.7 Å². The van der Waals surface area contributed by atoms with E-state index in [-0.39, 0.29) is 12.5 Å². The van der Waals surface area contributed by atoms with Crippen LogP contribution in [0.3, 0.4) is 0 Å². The summed E-state index contributed by atoms with van der Waals surface area (Å²) in [5.41, 5.74) is 0. The van der Waals surface area contributed by atoms with Crippen molar-refractivity contribution in [1.82, 2.24) is 10.2 Å². The maximum Gasteiger partial charge on any atom is 0.289 e. The summed E-state index contributed by atoms with van der Waals surface area (Å²) in [5, 5.41) is 2.70. The average Bonchev–Trinajstić information content (AvgIpc) is 2.51. The topological polar surface area (TPSA) is 75.7 Å². The van der Waals surface area contributed by atoms with Crippen LogP contribution >= 0.6 is 0 Å². The van der Waals surface area contributed by atoms with Crippen molar-refractivity contribution in [2.45, 2.75) is 45.1 Å². The number of rotatable bonds is 7. The third kappa shape index (κ3) is 5.46. The van der Waals surface area contributed by atoms with E-state index in [9.17, 15) is 14.4 Å². The third-order valence-corrected chi connectivity index (χ3v) is 4.12. The van der Waals surface area contributed by atoms with Crippen molar-refractivity contribution in [2.75, 3.05) is 27.3 Å². The van der Waals surface area contributed by atoms with E-state index < -0.39 is 17.7 Å². The highest BCUT2D eigenvalue weighted by Gasteiger charge is 2.27. The zero-order valence-corrected chi connectivity index (χ0v) is 13.2. The molecule has 0 aliphatic heterocycles. The summed E-state index contributed by atoms with van der Waals surface area (Å²) < 4.78 is 4.74. The smallest absolute Gasteiger partial charge is 0.289 e. The Morgan fingerprint density at radius 2 is 1.86 bits per heavy atom. The Hall–Kier alpha value is -1.43. The number of nitrogens with zero attached hydrogens (tertiary/aromatic N) is 1. The Morgan fingerprint density at radius 3 is 2.43 bits per heavy atom. The lowest BCUT2D eigenvalue weighted by molar-refractivity contribution is -0.145. The highest BCUT2D eigenvalue weighted by molar-refractivity contribution is 6.38. The van der Waals surface area contributed by atoms with Crippen LogP contribution in [0.2, 0.25) is 0 Å². The van der Waals surface area contributed by atoms with Gasteiger partial charge in [-0.15, -0.1) is 0 Å². The Labute approximate surface area is 126 Å². The number of carbonyl (C=O) groups is 3. The second-order valence-electron chi connectivity index (χ2n) is 5.69. The Kier molecular flexibility index (Phi) is 7.36. The Morgan fingerprint density at radius 1 is 1.24 bits per heavy atom. The van der Waals surface area contributed by atoms with Crippen LogP contribution in [0.1, 0.15) is 39.0 Å². The summed E-state index contributed by atoms with van der Waals surface area (Å²) in [6, 6.07) is -0.779. The molecule has 1 saturated carbocycles. The molecule has 0 aromatic rings. The van der Waals surface area contributed by atoms with Gasteiger partial charge in [0.15, 0.2) is 0 Å². The van der Waals surface area contributed by atoms with Crippen LogP contribution < -0.4 is 5.32 Å². The molecule has 0 spiro atoms. The lowest BCUT2D eigenvalue weighted by atomic mass is 9.89. The number of methoxy groups -OCH3 is 1. The molecule has 1 atom stereocenters. The molecule has 0 heterocycles. The Bertz CT molecular complexity index is 378. The minimum absolute atomic E-state index is 0.0994. The van der Waals surface area contributed by atoms with E-state index in [0.717, 1.165) is 12.8 Å². The standard InChI is InChI=1S/C15H26N2O4/c1-11(17(2)13(18)10-21-3)14(19)15(20)16-9-12-7-5-4-6-8-12/h11-12H,4-10H2,1-3H3,(H,16,20). The number of ketones is 1. The first-order valence-electron chi connectivity index (χ1n) is 7.54. The molecule has 1 aliphatic carbocycles. The molecular formula is C15H26N2O4. The zero-order chi connectivity index (χ0) is 15.8. The molecule has 0 radical (unpaired) electrons. The van der Waals surface area contributed by atoms with E-state index in [1.54, 1.807) is 6.92 Å². The van der Waals surface area contributed by atoms with Crippen molar-refractivity contribution in [3.8, 4) is 0 Å².